The Hall–Kier alpha value is -3.33. The topological polar surface area (TPSA) is 90.5 Å². The van der Waals surface area contributed by atoms with Crippen molar-refractivity contribution in [3.63, 3.8) is 0 Å². The number of amides is 1. The van der Waals surface area contributed by atoms with E-state index >= 15 is 0 Å². The Balaban J connectivity index is 2.03. The highest BCUT2D eigenvalue weighted by Crippen LogP contribution is 2.26. The van der Waals surface area contributed by atoms with E-state index < -0.39 is 0 Å². The van der Waals surface area contributed by atoms with Gasteiger partial charge in [-0.25, -0.2) is 4.57 Å². The highest BCUT2D eigenvalue weighted by molar-refractivity contribution is 8.00. The number of ether oxygens (including phenoxy) is 1. The van der Waals surface area contributed by atoms with E-state index in [-0.39, 0.29) is 16.7 Å². The van der Waals surface area contributed by atoms with Crippen molar-refractivity contribution in [2.45, 2.75) is 17.3 Å². The smallest absolute Gasteiger partial charge is 0.267 e. The molecule has 2 aromatic heterocycles. The van der Waals surface area contributed by atoms with Crippen LogP contribution in [0.25, 0.3) is 22.4 Å². The van der Waals surface area contributed by atoms with Gasteiger partial charge in [-0.15, -0.1) is 10.2 Å². The Kier molecular flexibility index (Phi) is 4.98. The van der Waals surface area contributed by atoms with Crippen LogP contribution in [0.2, 0.25) is 0 Å². The molecule has 1 atom stereocenters. The van der Waals surface area contributed by atoms with Crippen LogP contribution in [0.3, 0.4) is 0 Å². The number of aromatic nitrogens is 4. The molecule has 1 amide bonds. The minimum atomic E-state index is -0.372. The maximum Gasteiger partial charge on any atom is 0.267 e. The summed E-state index contributed by atoms with van der Waals surface area (Å²) in [6, 6.07) is 14.5. The van der Waals surface area contributed by atoms with Crippen molar-refractivity contribution in [1.29, 1.82) is 0 Å². The summed E-state index contributed by atoms with van der Waals surface area (Å²) in [6.45, 7) is 1.80. The summed E-state index contributed by atoms with van der Waals surface area (Å²) in [7, 11) is 3.17. The molecule has 29 heavy (non-hydrogen) atoms. The second-order valence-corrected chi connectivity index (χ2v) is 7.66. The number of methoxy groups -OCH3 is 1. The summed E-state index contributed by atoms with van der Waals surface area (Å²) in [5.41, 5.74) is 1.10. The molecule has 0 aliphatic heterocycles. The molecule has 2 aromatic carbocycles. The Morgan fingerprint density at radius 3 is 2.72 bits per heavy atom. The van der Waals surface area contributed by atoms with Crippen LogP contribution in [0, 0.1) is 0 Å². The lowest BCUT2D eigenvalue weighted by molar-refractivity contribution is -0.119. The fourth-order valence-corrected chi connectivity index (χ4v) is 4.07. The quantitative estimate of drug-likeness (QED) is 0.509. The summed E-state index contributed by atoms with van der Waals surface area (Å²) in [6.07, 6.45) is 0. The van der Waals surface area contributed by atoms with Crippen molar-refractivity contribution < 1.29 is 9.53 Å². The number of rotatable bonds is 5. The number of hydrogen-bond donors (Lipinski definition) is 1. The molecule has 0 saturated heterocycles. The first kappa shape index (κ1) is 19.0. The molecule has 0 fully saturated rings. The monoisotopic (exact) mass is 409 g/mol. The van der Waals surface area contributed by atoms with E-state index in [0.29, 0.717) is 33.3 Å². The van der Waals surface area contributed by atoms with Crippen LogP contribution in [0.1, 0.15) is 6.92 Å². The zero-order valence-electron chi connectivity index (χ0n) is 16.1. The number of fused-ring (bicyclic) bond motifs is 3. The Labute approximate surface area is 170 Å². The molecule has 4 aromatic rings. The van der Waals surface area contributed by atoms with Gasteiger partial charge in [0.2, 0.25) is 11.7 Å². The van der Waals surface area contributed by atoms with Gasteiger partial charge in [-0.2, -0.15) is 0 Å². The van der Waals surface area contributed by atoms with E-state index in [2.05, 4.69) is 15.5 Å². The number of thioether (sulfide) groups is 1. The molecular weight excluding hydrogens is 390 g/mol. The van der Waals surface area contributed by atoms with Crippen molar-refractivity contribution in [3.8, 4) is 11.4 Å². The van der Waals surface area contributed by atoms with Crippen molar-refractivity contribution >= 4 is 34.3 Å². The number of nitrogens with zero attached hydrogens (tertiary/aromatic N) is 4. The average Bonchev–Trinajstić information content (AvgIpc) is 3.16. The fraction of sp³-hybridized carbons (Fsp3) is 0.200. The third-order valence-electron chi connectivity index (χ3n) is 4.60. The number of carbonyl (C=O) groups is 1. The van der Waals surface area contributed by atoms with E-state index in [1.54, 1.807) is 37.6 Å². The molecule has 0 aliphatic rings. The molecule has 8 nitrogen and oxygen atoms in total. The van der Waals surface area contributed by atoms with Crippen molar-refractivity contribution in [1.82, 2.24) is 24.5 Å². The summed E-state index contributed by atoms with van der Waals surface area (Å²) < 4.78 is 8.62. The van der Waals surface area contributed by atoms with Gasteiger partial charge in [0.25, 0.3) is 5.56 Å². The molecule has 148 valence electrons. The van der Waals surface area contributed by atoms with Crippen molar-refractivity contribution in [2.75, 3.05) is 14.2 Å². The minimum absolute atomic E-state index is 0.114. The highest BCUT2D eigenvalue weighted by Gasteiger charge is 2.21. The van der Waals surface area contributed by atoms with Gasteiger partial charge in [0.05, 0.1) is 29.0 Å². The van der Waals surface area contributed by atoms with Gasteiger partial charge >= 0.3 is 0 Å². The highest BCUT2D eigenvalue weighted by atomic mass is 32.2. The van der Waals surface area contributed by atoms with Gasteiger partial charge in [-0.3, -0.25) is 14.0 Å². The fourth-order valence-electron chi connectivity index (χ4n) is 3.15. The molecule has 1 N–H and O–H groups in total. The third-order valence-corrected chi connectivity index (χ3v) is 5.65. The molecule has 0 radical (unpaired) electrons. The summed E-state index contributed by atoms with van der Waals surface area (Å²) in [4.78, 5) is 25.3. The second kappa shape index (κ2) is 7.59. The lowest BCUT2D eigenvalue weighted by atomic mass is 10.2. The predicted octanol–water partition coefficient (Wildman–Crippen LogP) is 2.27. The van der Waals surface area contributed by atoms with Crippen LogP contribution in [0.5, 0.6) is 5.75 Å². The molecule has 2 heterocycles. The second-order valence-electron chi connectivity index (χ2n) is 6.35. The van der Waals surface area contributed by atoms with Crippen molar-refractivity contribution in [3.05, 3.63) is 58.9 Å². The van der Waals surface area contributed by atoms with Gasteiger partial charge in [0, 0.05) is 13.1 Å². The average molecular weight is 409 g/mol. The maximum atomic E-state index is 13.3. The first-order chi connectivity index (χ1) is 14.0. The molecule has 0 bridgehead atoms. The number of para-hydroxylation sites is 1. The zero-order chi connectivity index (χ0) is 20.5. The molecule has 9 heteroatoms. The van der Waals surface area contributed by atoms with Crippen LogP contribution in [0.4, 0.5) is 0 Å². The molecular formula is C20H19N5O3S. The van der Waals surface area contributed by atoms with E-state index in [0.717, 1.165) is 0 Å². The van der Waals surface area contributed by atoms with Crippen LogP contribution in [0.15, 0.2) is 58.5 Å². The van der Waals surface area contributed by atoms with Gasteiger partial charge in [-0.1, -0.05) is 30.0 Å². The van der Waals surface area contributed by atoms with Gasteiger partial charge in [0.15, 0.2) is 5.16 Å². The first-order valence-electron chi connectivity index (χ1n) is 8.96. The van der Waals surface area contributed by atoms with Gasteiger partial charge < -0.3 is 10.1 Å². The lowest BCUT2D eigenvalue weighted by Gasteiger charge is -2.13. The third kappa shape index (κ3) is 3.23. The molecule has 0 saturated carbocycles. The van der Waals surface area contributed by atoms with E-state index in [9.17, 15) is 9.59 Å². The van der Waals surface area contributed by atoms with E-state index in [1.165, 1.54) is 16.3 Å². The van der Waals surface area contributed by atoms with Crippen LogP contribution in [-0.4, -0.2) is 44.5 Å². The number of hydrogen-bond acceptors (Lipinski definition) is 6. The van der Waals surface area contributed by atoms with E-state index in [4.69, 9.17) is 4.74 Å². The standard InChI is InChI=1S/C20H19N5O3S/c1-12(17(26)21-2)29-20-23-22-19-24(13-7-6-8-14(11-13)28-3)18(27)15-9-4-5-10-16(15)25(19)20/h4-12H,1-3H3,(H,21,26). The van der Waals surface area contributed by atoms with Crippen molar-refractivity contribution in [2.24, 2.45) is 0 Å². The molecule has 1 unspecified atom stereocenters. The largest absolute Gasteiger partial charge is 0.497 e. The normalized spacial score (nSPS) is 12.2. The van der Waals surface area contributed by atoms with Crippen LogP contribution in [-0.2, 0) is 4.79 Å². The van der Waals surface area contributed by atoms with E-state index in [1.807, 2.05) is 36.4 Å². The summed E-state index contributed by atoms with van der Waals surface area (Å²) in [5, 5.41) is 11.9. The Morgan fingerprint density at radius 1 is 1.17 bits per heavy atom. The number of benzene rings is 2. The number of nitrogens with one attached hydrogen (secondary N) is 1. The number of carbonyl (C=O) groups excluding carboxylic acids is 1. The predicted molar refractivity (Wildman–Crippen MR) is 112 cm³/mol. The molecule has 4 rings (SSSR count). The lowest BCUT2D eigenvalue weighted by Crippen LogP contribution is -2.27. The summed E-state index contributed by atoms with van der Waals surface area (Å²) >= 11 is 1.28. The van der Waals surface area contributed by atoms with Gasteiger partial charge in [-0.05, 0) is 31.2 Å². The zero-order valence-corrected chi connectivity index (χ0v) is 16.9. The summed E-state index contributed by atoms with van der Waals surface area (Å²) in [5.74, 6) is 0.883. The molecule has 0 spiro atoms. The van der Waals surface area contributed by atoms with Gasteiger partial charge in [0.1, 0.15) is 5.75 Å². The maximum absolute atomic E-state index is 13.3. The van der Waals surface area contributed by atoms with Crippen LogP contribution < -0.4 is 15.6 Å². The minimum Gasteiger partial charge on any atom is -0.497 e. The van der Waals surface area contributed by atoms with Crippen LogP contribution >= 0.6 is 11.8 Å². The Bertz CT molecular complexity index is 1280. The molecule has 0 aliphatic carbocycles. The first-order valence-corrected chi connectivity index (χ1v) is 9.84. The SMILES string of the molecule is CNC(=O)C(C)Sc1nnc2n(-c3cccc(OC)c3)c(=O)c3ccccc3n12. The Morgan fingerprint density at radius 2 is 1.97 bits per heavy atom.